The van der Waals surface area contributed by atoms with Crippen molar-refractivity contribution in [1.82, 2.24) is 19.6 Å². The van der Waals surface area contributed by atoms with Gasteiger partial charge in [0.15, 0.2) is 9.84 Å². The van der Waals surface area contributed by atoms with Crippen LogP contribution in [0.25, 0.3) is 0 Å². The molecule has 1 fully saturated rings. The molecule has 27 heavy (non-hydrogen) atoms. The van der Waals surface area contributed by atoms with Crippen molar-refractivity contribution in [1.29, 1.82) is 0 Å². The molecule has 1 unspecified atom stereocenters. The van der Waals surface area contributed by atoms with Crippen molar-refractivity contribution < 1.29 is 13.2 Å². The fraction of sp³-hybridized carbons (Fsp3) is 0.474. The Hall–Kier alpha value is -2.19. The Labute approximate surface area is 159 Å². The molecule has 7 nitrogen and oxygen atoms in total. The number of amides is 1. The minimum atomic E-state index is -3.11. The molecule has 3 heterocycles. The summed E-state index contributed by atoms with van der Waals surface area (Å²) in [5, 5.41) is 4.17. The SMILES string of the molecule is Cn1cc(C2CS(=O)(=O)CCN2CC(=O)N2CCc3ccccc3C2)cn1. The molecule has 144 valence electrons. The number of fused-ring (bicyclic) bond motifs is 1. The highest BCUT2D eigenvalue weighted by Gasteiger charge is 2.35. The first kappa shape index (κ1) is 18.2. The second kappa shape index (κ2) is 7.09. The largest absolute Gasteiger partial charge is 0.337 e. The number of nitrogens with zero attached hydrogens (tertiary/aromatic N) is 4. The third-order valence-electron chi connectivity index (χ3n) is 5.47. The second-order valence-electron chi connectivity index (χ2n) is 7.38. The first-order chi connectivity index (χ1) is 12.9. The Morgan fingerprint density at radius 2 is 2.00 bits per heavy atom. The average molecular weight is 388 g/mol. The molecule has 2 aromatic rings. The summed E-state index contributed by atoms with van der Waals surface area (Å²) in [7, 11) is -1.30. The van der Waals surface area contributed by atoms with Crippen LogP contribution >= 0.6 is 0 Å². The van der Waals surface area contributed by atoms with E-state index < -0.39 is 9.84 Å². The lowest BCUT2D eigenvalue weighted by molar-refractivity contribution is -0.133. The van der Waals surface area contributed by atoms with E-state index in [1.54, 1.807) is 10.9 Å². The van der Waals surface area contributed by atoms with Gasteiger partial charge in [0.05, 0.1) is 30.3 Å². The average Bonchev–Trinajstić information content (AvgIpc) is 3.08. The van der Waals surface area contributed by atoms with Crippen LogP contribution in [0.4, 0.5) is 0 Å². The van der Waals surface area contributed by atoms with Crippen molar-refractivity contribution in [2.75, 3.05) is 31.1 Å². The van der Waals surface area contributed by atoms with Gasteiger partial charge in [-0.3, -0.25) is 14.4 Å². The van der Waals surface area contributed by atoms with Gasteiger partial charge in [-0.15, -0.1) is 0 Å². The Morgan fingerprint density at radius 1 is 1.22 bits per heavy atom. The molecule has 0 bridgehead atoms. The van der Waals surface area contributed by atoms with E-state index in [0.717, 1.165) is 12.0 Å². The Balaban J connectivity index is 1.49. The normalized spacial score (nSPS) is 22.4. The number of aryl methyl sites for hydroxylation is 1. The highest BCUT2D eigenvalue weighted by molar-refractivity contribution is 7.91. The number of carbonyl (C=O) groups is 1. The van der Waals surface area contributed by atoms with Gasteiger partial charge in [0.2, 0.25) is 5.91 Å². The topological polar surface area (TPSA) is 75.5 Å². The summed E-state index contributed by atoms with van der Waals surface area (Å²) in [6, 6.07) is 7.90. The number of carbonyl (C=O) groups excluding carboxylic acids is 1. The molecule has 4 rings (SSSR count). The summed E-state index contributed by atoms with van der Waals surface area (Å²) in [6.45, 7) is 1.94. The maximum Gasteiger partial charge on any atom is 0.237 e. The summed E-state index contributed by atoms with van der Waals surface area (Å²) in [4.78, 5) is 16.8. The van der Waals surface area contributed by atoms with Crippen molar-refractivity contribution in [3.05, 3.63) is 53.3 Å². The monoisotopic (exact) mass is 388 g/mol. The van der Waals surface area contributed by atoms with Crippen molar-refractivity contribution in [3.63, 3.8) is 0 Å². The quantitative estimate of drug-likeness (QED) is 0.777. The highest BCUT2D eigenvalue weighted by atomic mass is 32.2. The smallest absolute Gasteiger partial charge is 0.237 e. The molecule has 0 radical (unpaired) electrons. The van der Waals surface area contributed by atoms with Gasteiger partial charge in [0, 0.05) is 38.4 Å². The fourth-order valence-electron chi connectivity index (χ4n) is 3.93. The van der Waals surface area contributed by atoms with Gasteiger partial charge < -0.3 is 4.90 Å². The van der Waals surface area contributed by atoms with Crippen LogP contribution in [0.5, 0.6) is 0 Å². The third kappa shape index (κ3) is 3.91. The molecular weight excluding hydrogens is 364 g/mol. The van der Waals surface area contributed by atoms with Crippen LogP contribution in [0.15, 0.2) is 36.7 Å². The van der Waals surface area contributed by atoms with Gasteiger partial charge in [0.25, 0.3) is 0 Å². The van der Waals surface area contributed by atoms with Gasteiger partial charge in [0.1, 0.15) is 0 Å². The molecular formula is C19H24N4O3S. The first-order valence-electron chi connectivity index (χ1n) is 9.19. The van der Waals surface area contributed by atoms with Crippen LogP contribution in [0, 0.1) is 0 Å². The van der Waals surface area contributed by atoms with E-state index in [2.05, 4.69) is 17.2 Å². The Morgan fingerprint density at radius 3 is 2.74 bits per heavy atom. The zero-order chi connectivity index (χ0) is 19.0. The summed E-state index contributed by atoms with van der Waals surface area (Å²) < 4.78 is 26.0. The van der Waals surface area contributed by atoms with E-state index in [0.29, 0.717) is 19.6 Å². The number of rotatable bonds is 3. The summed E-state index contributed by atoms with van der Waals surface area (Å²) in [5.41, 5.74) is 3.35. The van der Waals surface area contributed by atoms with Crippen molar-refractivity contribution in [2.45, 2.75) is 19.0 Å². The molecule has 1 aromatic heterocycles. The van der Waals surface area contributed by atoms with E-state index in [1.807, 2.05) is 35.2 Å². The molecule has 2 aliphatic rings. The number of aromatic nitrogens is 2. The van der Waals surface area contributed by atoms with Gasteiger partial charge in [-0.1, -0.05) is 24.3 Å². The van der Waals surface area contributed by atoms with Gasteiger partial charge in [-0.05, 0) is 17.5 Å². The maximum absolute atomic E-state index is 12.9. The lowest BCUT2D eigenvalue weighted by atomic mass is 10.00. The second-order valence-corrected chi connectivity index (χ2v) is 9.61. The molecule has 1 aromatic carbocycles. The van der Waals surface area contributed by atoms with E-state index in [4.69, 9.17) is 0 Å². The predicted molar refractivity (Wildman–Crippen MR) is 102 cm³/mol. The standard InChI is InChI=1S/C19H24N4O3S/c1-21-11-17(10-20-21)18-14-27(25,26)9-8-22(18)13-19(24)23-7-6-15-4-2-3-5-16(15)12-23/h2-5,10-11,18H,6-9,12-14H2,1H3. The van der Waals surface area contributed by atoms with Crippen molar-refractivity contribution in [2.24, 2.45) is 7.05 Å². The fourth-order valence-corrected chi connectivity index (χ4v) is 5.50. The molecule has 0 aliphatic carbocycles. The van der Waals surface area contributed by atoms with Crippen molar-refractivity contribution >= 4 is 15.7 Å². The van der Waals surface area contributed by atoms with Gasteiger partial charge >= 0.3 is 0 Å². The van der Waals surface area contributed by atoms with Crippen LogP contribution in [0.1, 0.15) is 22.7 Å². The molecule has 1 amide bonds. The van der Waals surface area contributed by atoms with E-state index in [-0.39, 0.29) is 30.0 Å². The lowest BCUT2D eigenvalue weighted by Gasteiger charge is -2.36. The highest BCUT2D eigenvalue weighted by Crippen LogP contribution is 2.27. The zero-order valence-electron chi connectivity index (χ0n) is 15.4. The van der Waals surface area contributed by atoms with E-state index in [9.17, 15) is 13.2 Å². The molecule has 0 spiro atoms. The molecule has 1 atom stereocenters. The molecule has 0 saturated carbocycles. The van der Waals surface area contributed by atoms with Crippen LogP contribution < -0.4 is 0 Å². The number of hydrogen-bond acceptors (Lipinski definition) is 5. The maximum atomic E-state index is 12.9. The molecule has 8 heteroatoms. The Bertz CT molecular complexity index is 953. The van der Waals surface area contributed by atoms with Crippen LogP contribution in [0.2, 0.25) is 0 Å². The minimum Gasteiger partial charge on any atom is -0.337 e. The van der Waals surface area contributed by atoms with E-state index in [1.165, 1.54) is 11.1 Å². The predicted octanol–water partition coefficient (Wildman–Crippen LogP) is 0.777. The zero-order valence-corrected chi connectivity index (χ0v) is 16.2. The number of sulfone groups is 1. The molecule has 0 N–H and O–H groups in total. The van der Waals surface area contributed by atoms with Gasteiger partial charge in [-0.25, -0.2) is 8.42 Å². The Kier molecular flexibility index (Phi) is 4.77. The number of hydrogen-bond donors (Lipinski definition) is 0. The minimum absolute atomic E-state index is 0.0365. The van der Waals surface area contributed by atoms with Crippen LogP contribution in [-0.2, 0) is 34.6 Å². The summed E-state index contributed by atoms with van der Waals surface area (Å²) in [5.74, 6) is 0.187. The van der Waals surface area contributed by atoms with Crippen LogP contribution in [-0.4, -0.2) is 65.0 Å². The third-order valence-corrected chi connectivity index (χ3v) is 7.10. The first-order valence-corrected chi connectivity index (χ1v) is 11.0. The summed E-state index contributed by atoms with van der Waals surface area (Å²) in [6.07, 6.45) is 4.39. The summed E-state index contributed by atoms with van der Waals surface area (Å²) >= 11 is 0. The molecule has 2 aliphatic heterocycles. The number of benzene rings is 1. The van der Waals surface area contributed by atoms with Gasteiger partial charge in [-0.2, -0.15) is 5.10 Å². The van der Waals surface area contributed by atoms with Crippen molar-refractivity contribution in [3.8, 4) is 0 Å². The molecule has 1 saturated heterocycles. The van der Waals surface area contributed by atoms with E-state index >= 15 is 0 Å². The van der Waals surface area contributed by atoms with Crippen LogP contribution in [0.3, 0.4) is 0 Å². The lowest BCUT2D eigenvalue weighted by Crippen LogP contribution is -2.49.